The Labute approximate surface area is 450 Å². The van der Waals surface area contributed by atoms with Crippen molar-refractivity contribution >= 4 is 81.6 Å². The minimum Gasteiger partial charge on any atom is -0.379 e. The molecule has 0 saturated carbocycles. The zero-order valence-corrected chi connectivity index (χ0v) is 46.7. The van der Waals surface area contributed by atoms with Crippen LogP contribution in [-0.4, -0.2) is 151 Å². The Hall–Kier alpha value is -4.22. The van der Waals surface area contributed by atoms with Gasteiger partial charge in [0.1, 0.15) is 30.0 Å². The zero-order chi connectivity index (χ0) is 52.5. The Balaban J connectivity index is 0.921. The molecule has 21 heteroatoms. The van der Waals surface area contributed by atoms with Gasteiger partial charge in [-0.15, -0.1) is 28.6 Å². The van der Waals surface area contributed by atoms with Crippen LogP contribution in [0.15, 0.2) is 66.9 Å². The Kier molecular flexibility index (Phi) is 19.8. The largest absolute Gasteiger partial charge is 0.379 e. The highest BCUT2D eigenvalue weighted by Crippen LogP contribution is 2.47. The predicted octanol–water partition coefficient (Wildman–Crippen LogP) is 4.88. The van der Waals surface area contributed by atoms with E-state index in [9.17, 15) is 19.2 Å². The lowest BCUT2D eigenvalue weighted by atomic mass is 9.83. The number of hydrogen-bond acceptors (Lipinski definition) is 14. The van der Waals surface area contributed by atoms with Gasteiger partial charge in [0, 0.05) is 18.6 Å². The number of thiocarbonyl (C=S) groups is 2. The molecular formula is C52H75N11O6S4. The summed E-state index contributed by atoms with van der Waals surface area (Å²) in [5, 5.41) is 28.0. The molecule has 4 aliphatic rings. The highest BCUT2D eigenvalue weighted by atomic mass is 32.2. The molecule has 1 aromatic heterocycles. The molecule has 0 aliphatic carbocycles. The maximum absolute atomic E-state index is 14.5. The monoisotopic (exact) mass is 1080 g/mol. The van der Waals surface area contributed by atoms with Crippen molar-refractivity contribution in [2.45, 2.75) is 146 Å². The normalized spacial score (nSPS) is 25.0. The zero-order valence-electron chi connectivity index (χ0n) is 43.4. The number of fused-ring (bicyclic) bond motifs is 2. The van der Waals surface area contributed by atoms with E-state index in [1.807, 2.05) is 99.7 Å². The Morgan fingerprint density at radius 3 is 1.93 bits per heavy atom. The number of hydrogen-bond donors (Lipinski definition) is 6. The number of ether oxygens (including phenoxy) is 2. The van der Waals surface area contributed by atoms with Crippen LogP contribution in [0.5, 0.6) is 0 Å². The van der Waals surface area contributed by atoms with Crippen molar-refractivity contribution in [2.75, 3.05) is 45.4 Å². The lowest BCUT2D eigenvalue weighted by Crippen LogP contribution is -2.59. The molecule has 10 atom stereocenters. The first-order valence-electron chi connectivity index (χ1n) is 25.5. The van der Waals surface area contributed by atoms with E-state index in [-0.39, 0.29) is 71.7 Å². The van der Waals surface area contributed by atoms with Gasteiger partial charge in [0.15, 0.2) is 0 Å². The average Bonchev–Trinajstić information content (AvgIpc) is 3.95. The van der Waals surface area contributed by atoms with E-state index in [1.54, 1.807) is 33.1 Å². The molecular weight excluding hydrogens is 1000 g/mol. The summed E-state index contributed by atoms with van der Waals surface area (Å²) < 4.78 is 14.2. The summed E-state index contributed by atoms with van der Waals surface area (Å²) in [7, 11) is 3.67. The first-order chi connectivity index (χ1) is 34.9. The number of thioether (sulfide) groups is 2. The third kappa shape index (κ3) is 14.0. The molecule has 398 valence electrons. The first kappa shape index (κ1) is 56.5. The number of nitrogens with one attached hydrogen (secondary N) is 6. The molecule has 2 aromatic carbocycles. The van der Waals surface area contributed by atoms with Gasteiger partial charge < -0.3 is 51.2 Å². The summed E-state index contributed by atoms with van der Waals surface area (Å²) in [5.41, 5.74) is 1.48. The molecule has 5 heterocycles. The molecule has 0 spiro atoms. The maximum Gasteiger partial charge on any atom is 0.247 e. The second-order valence-corrected chi connectivity index (χ2v) is 24.4. The number of carbonyl (C=O) groups excluding carboxylic acids is 4. The highest BCUT2D eigenvalue weighted by molar-refractivity contribution is 8.00. The number of aryl methyl sites for hydroxylation is 1. The maximum atomic E-state index is 14.5. The summed E-state index contributed by atoms with van der Waals surface area (Å²) in [4.78, 5) is 62.2. The molecule has 4 aliphatic heterocycles. The van der Waals surface area contributed by atoms with E-state index >= 15 is 0 Å². The van der Waals surface area contributed by atoms with Crippen molar-refractivity contribution < 1.29 is 28.7 Å². The van der Waals surface area contributed by atoms with Crippen molar-refractivity contribution in [3.05, 3.63) is 83.7 Å². The summed E-state index contributed by atoms with van der Waals surface area (Å²) in [6, 6.07) is 17.0. The molecule has 6 N–H and O–H groups in total. The topological polar surface area (TPSA) is 196 Å². The van der Waals surface area contributed by atoms with Crippen LogP contribution in [0.2, 0.25) is 0 Å². The number of nitrogens with zero attached hydrogens (tertiary/aromatic N) is 5. The minimum absolute atomic E-state index is 0.0588. The van der Waals surface area contributed by atoms with Crippen molar-refractivity contribution in [3.8, 4) is 0 Å². The van der Waals surface area contributed by atoms with Gasteiger partial charge in [-0.05, 0) is 88.1 Å². The molecule has 17 nitrogen and oxygen atoms in total. The number of rotatable bonds is 22. The van der Waals surface area contributed by atoms with E-state index in [1.165, 1.54) is 0 Å². The summed E-state index contributed by atoms with van der Waals surface area (Å²) in [5.74, 6) is 0.339. The fraction of sp³-hybridized carbons (Fsp3) is 0.615. The van der Waals surface area contributed by atoms with Gasteiger partial charge in [-0.3, -0.25) is 23.9 Å². The lowest BCUT2D eigenvalue weighted by molar-refractivity contribution is -0.142. The van der Waals surface area contributed by atoms with Gasteiger partial charge in [-0.1, -0.05) is 118 Å². The molecule has 0 unspecified atom stereocenters. The third-order valence-corrected chi connectivity index (χ3v) is 18.0. The third-order valence-electron chi connectivity index (χ3n) is 14.5. The molecule has 4 saturated heterocycles. The summed E-state index contributed by atoms with van der Waals surface area (Å²) in [6.45, 7) is 13.6. The molecule has 4 fully saturated rings. The van der Waals surface area contributed by atoms with Gasteiger partial charge in [0.2, 0.25) is 23.6 Å². The smallest absolute Gasteiger partial charge is 0.247 e. The second-order valence-electron chi connectivity index (χ2n) is 20.9. The molecule has 4 amide bonds. The van der Waals surface area contributed by atoms with Crippen LogP contribution in [0.1, 0.15) is 102 Å². The molecule has 3 aromatic rings. The summed E-state index contributed by atoms with van der Waals surface area (Å²) >= 11 is 14.7. The Morgan fingerprint density at radius 2 is 1.33 bits per heavy atom. The van der Waals surface area contributed by atoms with Crippen molar-refractivity contribution in [2.24, 2.45) is 10.8 Å². The second kappa shape index (κ2) is 25.5. The van der Waals surface area contributed by atoms with E-state index in [0.717, 1.165) is 29.1 Å². The van der Waals surface area contributed by atoms with Crippen LogP contribution in [0.4, 0.5) is 0 Å². The number of amides is 4. The fourth-order valence-electron chi connectivity index (χ4n) is 10.1. The highest BCUT2D eigenvalue weighted by Gasteiger charge is 2.55. The standard InChI is InChI=1S/C52H75N11O6S4/c1-32(53-7)46(70)56-38-20-24-72-41-26-51(3,4)43(62(41)48(38)66)45(65)55-40(35-18-13-10-14-19-35)31-68-23-15-22-61-28-36(59-60-61)29-69-30-37(34-16-11-9-12-17-34)44(64)58-50-52(5,6)27-42-63(50)49(67)39(21-25-73-42)57-47(71)33(2)54-8/h9-14,16-19,28,32-33,37-43,50,53-54H,15,20-27,29-31H2,1-8H3,(H,55,65)(H,56,70)(H,57,71)(H,58,64)/t32-,33-,37+,38-,39-,40+,41-,42-,43+,50-/m0/s1. The van der Waals surface area contributed by atoms with Crippen LogP contribution in [0.25, 0.3) is 0 Å². The van der Waals surface area contributed by atoms with Crippen LogP contribution < -0.4 is 31.9 Å². The quantitative estimate of drug-likeness (QED) is 0.0588. The first-order valence-corrected chi connectivity index (χ1v) is 28.4. The van der Waals surface area contributed by atoms with Gasteiger partial charge in [-0.25, -0.2) is 0 Å². The average molecular weight is 1080 g/mol. The predicted molar refractivity (Wildman–Crippen MR) is 296 cm³/mol. The number of aromatic nitrogens is 3. The van der Waals surface area contributed by atoms with E-state index in [0.29, 0.717) is 54.5 Å². The van der Waals surface area contributed by atoms with E-state index in [4.69, 9.17) is 33.9 Å². The number of benzene rings is 2. The van der Waals surface area contributed by atoms with Crippen molar-refractivity contribution in [1.29, 1.82) is 0 Å². The van der Waals surface area contributed by atoms with Crippen LogP contribution in [0, 0.1) is 10.8 Å². The minimum atomic E-state index is -0.676. The van der Waals surface area contributed by atoms with Gasteiger partial charge >= 0.3 is 0 Å². The molecule has 7 rings (SSSR count). The fourth-order valence-corrected chi connectivity index (χ4v) is 13.7. The van der Waals surface area contributed by atoms with Gasteiger partial charge in [-0.2, -0.15) is 0 Å². The summed E-state index contributed by atoms with van der Waals surface area (Å²) in [6.07, 6.45) is 4.64. The van der Waals surface area contributed by atoms with Gasteiger partial charge in [0.25, 0.3) is 0 Å². The van der Waals surface area contributed by atoms with E-state index < -0.39 is 41.7 Å². The van der Waals surface area contributed by atoms with Crippen molar-refractivity contribution in [1.82, 2.24) is 56.7 Å². The van der Waals surface area contributed by atoms with Gasteiger partial charge in [0.05, 0.1) is 70.8 Å². The SMILES string of the molecule is CN[C@@H](C)C(=S)N[C@H]1CCS[C@H]2CC(C)(C)[C@@H](NC(=O)[C@H](COCc3cn(CCCOC[C@@H](NC(=O)[C@H]4N5C(=O)[C@@H](NC(=S)[C@H](C)NC)CCS[C@H]5CC4(C)C)c4ccccc4)nn3)c3ccccc3)N2C1=O. The van der Waals surface area contributed by atoms with Crippen LogP contribution >= 0.6 is 48.0 Å². The lowest BCUT2D eigenvalue weighted by Gasteiger charge is -2.36. The van der Waals surface area contributed by atoms with Crippen LogP contribution in [0.3, 0.4) is 0 Å². The Morgan fingerprint density at radius 1 is 0.767 bits per heavy atom. The number of likely N-dealkylation sites (N-methyl/N-ethyl adjacent to an activating group) is 2. The van der Waals surface area contributed by atoms with E-state index in [2.05, 4.69) is 69.9 Å². The molecule has 73 heavy (non-hydrogen) atoms. The van der Waals surface area contributed by atoms with Crippen molar-refractivity contribution in [3.63, 3.8) is 0 Å². The number of carbonyl (C=O) groups is 4. The Bertz CT molecular complexity index is 2380. The molecule has 0 radical (unpaired) electrons. The van der Waals surface area contributed by atoms with Crippen LogP contribution in [-0.2, 0) is 41.8 Å². The molecule has 0 bridgehead atoms.